The molecule has 2 rings (SSSR count). The number of methoxy groups -OCH3 is 1. The maximum absolute atomic E-state index is 13.0. The molecule has 272 valence electrons. The molecule has 0 aliphatic carbocycles. The van der Waals surface area contributed by atoms with Crippen LogP contribution in [0.3, 0.4) is 0 Å². The van der Waals surface area contributed by atoms with Gasteiger partial charge in [-0.2, -0.15) is 8.42 Å². The van der Waals surface area contributed by atoms with Crippen molar-refractivity contribution in [3.8, 4) is 0 Å². The van der Waals surface area contributed by atoms with Gasteiger partial charge in [0, 0.05) is 25.9 Å². The average molecular weight is 694 g/mol. The Hall–Kier alpha value is -2.96. The zero-order chi connectivity index (χ0) is 35.0. The first-order valence-corrected chi connectivity index (χ1v) is 19.3. The van der Waals surface area contributed by atoms with Crippen LogP contribution in [0.2, 0.25) is 0 Å². The van der Waals surface area contributed by atoms with Gasteiger partial charge in [0.15, 0.2) is 0 Å². The van der Waals surface area contributed by atoms with E-state index in [1.165, 1.54) is 113 Å². The van der Waals surface area contributed by atoms with Gasteiger partial charge in [-0.25, -0.2) is 9.59 Å². The first-order valence-electron chi connectivity index (χ1n) is 17.9. The minimum absolute atomic E-state index is 0.0182. The van der Waals surface area contributed by atoms with Crippen molar-refractivity contribution in [1.29, 1.82) is 0 Å². The topological polar surface area (TPSA) is 135 Å². The Balaban J connectivity index is 1.60. The SMILES string of the molecule is CCCCCCCCCCCCCCCCCCNC(=O)OCC(Cn1ccc(=O)n(CCOS(=O)(=O)c2ccccc2C)c1=O)OC. The number of carbonyl (C=O) groups excluding carboxylic acids is 1. The van der Waals surface area contributed by atoms with Gasteiger partial charge >= 0.3 is 11.8 Å². The number of aromatic nitrogens is 2. The van der Waals surface area contributed by atoms with E-state index < -0.39 is 40.2 Å². The number of ether oxygens (including phenoxy) is 2. The van der Waals surface area contributed by atoms with Crippen LogP contribution < -0.4 is 16.6 Å². The molecule has 1 aromatic carbocycles. The number of amides is 1. The number of hydrogen-bond donors (Lipinski definition) is 1. The van der Waals surface area contributed by atoms with Crippen LogP contribution >= 0.6 is 0 Å². The largest absolute Gasteiger partial charge is 0.447 e. The van der Waals surface area contributed by atoms with Gasteiger partial charge in [0.05, 0.1) is 24.6 Å². The molecule has 1 heterocycles. The Morgan fingerprint density at radius 1 is 0.833 bits per heavy atom. The van der Waals surface area contributed by atoms with Crippen molar-refractivity contribution in [1.82, 2.24) is 14.5 Å². The predicted molar refractivity (Wildman–Crippen MR) is 189 cm³/mol. The molecular weight excluding hydrogens is 634 g/mol. The van der Waals surface area contributed by atoms with Gasteiger partial charge in [-0.3, -0.25) is 18.1 Å². The molecule has 1 N–H and O–H groups in total. The summed E-state index contributed by atoms with van der Waals surface area (Å²) in [5.74, 6) is 0. The number of nitrogens with zero attached hydrogens (tertiary/aromatic N) is 2. The molecule has 0 spiro atoms. The molecule has 0 aliphatic rings. The lowest BCUT2D eigenvalue weighted by molar-refractivity contribution is 0.0243. The summed E-state index contributed by atoms with van der Waals surface area (Å²) in [5.41, 5.74) is -0.723. The zero-order valence-corrected chi connectivity index (χ0v) is 30.3. The summed E-state index contributed by atoms with van der Waals surface area (Å²) in [6.45, 7) is 3.70. The van der Waals surface area contributed by atoms with Gasteiger partial charge in [-0.05, 0) is 25.0 Å². The number of benzene rings is 1. The van der Waals surface area contributed by atoms with E-state index in [-0.39, 0.29) is 24.6 Å². The third-order valence-electron chi connectivity index (χ3n) is 8.49. The van der Waals surface area contributed by atoms with Gasteiger partial charge in [0.2, 0.25) is 0 Å². The van der Waals surface area contributed by atoms with Crippen LogP contribution in [0.1, 0.15) is 115 Å². The summed E-state index contributed by atoms with van der Waals surface area (Å²) in [7, 11) is -2.62. The Morgan fingerprint density at radius 2 is 1.40 bits per heavy atom. The van der Waals surface area contributed by atoms with Crippen molar-refractivity contribution in [3.63, 3.8) is 0 Å². The van der Waals surface area contributed by atoms with Crippen LogP contribution in [-0.2, 0) is 36.9 Å². The molecule has 0 radical (unpaired) electrons. The van der Waals surface area contributed by atoms with Crippen molar-refractivity contribution >= 4 is 16.2 Å². The van der Waals surface area contributed by atoms with E-state index in [1.54, 1.807) is 25.1 Å². The maximum Gasteiger partial charge on any atom is 0.407 e. The molecule has 12 heteroatoms. The molecule has 1 atom stereocenters. The Morgan fingerprint density at radius 3 is 1.96 bits per heavy atom. The minimum atomic E-state index is -4.06. The lowest BCUT2D eigenvalue weighted by atomic mass is 10.0. The molecule has 0 fully saturated rings. The molecule has 1 unspecified atom stereocenters. The van der Waals surface area contributed by atoms with Crippen molar-refractivity contribution in [2.75, 3.05) is 26.9 Å². The molecule has 0 aliphatic heterocycles. The van der Waals surface area contributed by atoms with Crippen molar-refractivity contribution in [3.05, 3.63) is 62.9 Å². The maximum atomic E-state index is 13.0. The molecule has 0 saturated heterocycles. The zero-order valence-electron chi connectivity index (χ0n) is 29.5. The number of unbranched alkanes of at least 4 members (excludes halogenated alkanes) is 15. The molecule has 48 heavy (non-hydrogen) atoms. The molecule has 0 bridgehead atoms. The first-order chi connectivity index (χ1) is 23.2. The van der Waals surface area contributed by atoms with Gasteiger partial charge in [0.1, 0.15) is 12.7 Å². The first kappa shape index (κ1) is 41.2. The number of carbonyl (C=O) groups is 1. The van der Waals surface area contributed by atoms with Gasteiger partial charge in [-0.15, -0.1) is 0 Å². The molecular formula is C36H59N3O8S. The monoisotopic (exact) mass is 693 g/mol. The van der Waals surface area contributed by atoms with Crippen LogP contribution in [0.25, 0.3) is 0 Å². The summed E-state index contributed by atoms with van der Waals surface area (Å²) < 4.78 is 43.0. The van der Waals surface area contributed by atoms with Crippen molar-refractivity contribution < 1.29 is 26.9 Å². The Bertz CT molecular complexity index is 1410. The second kappa shape index (κ2) is 24.2. The highest BCUT2D eigenvalue weighted by Gasteiger charge is 2.19. The van der Waals surface area contributed by atoms with Crippen LogP contribution in [-0.4, -0.2) is 56.6 Å². The fourth-order valence-electron chi connectivity index (χ4n) is 5.54. The fourth-order valence-corrected chi connectivity index (χ4v) is 6.67. The highest BCUT2D eigenvalue weighted by atomic mass is 32.2. The molecule has 2 aromatic rings. The Labute approximate surface area is 287 Å². The normalized spacial score (nSPS) is 12.2. The minimum Gasteiger partial charge on any atom is -0.447 e. The second-order valence-corrected chi connectivity index (χ2v) is 14.1. The van der Waals surface area contributed by atoms with Crippen LogP contribution in [0, 0.1) is 6.92 Å². The highest BCUT2D eigenvalue weighted by molar-refractivity contribution is 7.86. The van der Waals surface area contributed by atoms with Gasteiger partial charge in [-0.1, -0.05) is 121 Å². The number of rotatable bonds is 27. The molecule has 1 aromatic heterocycles. The molecule has 1 amide bonds. The van der Waals surface area contributed by atoms with Crippen LogP contribution in [0.15, 0.2) is 51.0 Å². The van der Waals surface area contributed by atoms with Crippen LogP contribution in [0.4, 0.5) is 4.79 Å². The summed E-state index contributed by atoms with van der Waals surface area (Å²) in [5, 5.41) is 2.76. The molecule has 0 saturated carbocycles. The standard InChI is InChI=1S/C36H59N3O8S/c1-4-5-6-7-8-9-10-11-12-13-14-15-16-17-18-21-25-37-35(41)46-30-32(45-3)29-38-26-24-34(40)39(36(38)42)27-28-47-48(43,44)33-23-20-19-22-31(33)2/h19-20,22-24,26,32H,4-18,21,25,27-30H2,1-3H3,(H,37,41). The molecule has 11 nitrogen and oxygen atoms in total. The van der Waals surface area contributed by atoms with E-state index in [4.69, 9.17) is 13.7 Å². The van der Waals surface area contributed by atoms with Gasteiger partial charge < -0.3 is 14.8 Å². The smallest absolute Gasteiger partial charge is 0.407 e. The predicted octanol–water partition coefficient (Wildman–Crippen LogP) is 6.73. The number of aryl methyl sites for hydroxylation is 1. The quantitative estimate of drug-likeness (QED) is 0.0805. The number of alkyl carbamates (subject to hydrolysis) is 1. The lowest BCUT2D eigenvalue weighted by Gasteiger charge is -2.18. The summed E-state index contributed by atoms with van der Waals surface area (Å²) in [6, 6.07) is 7.59. The van der Waals surface area contributed by atoms with Gasteiger partial charge in [0.25, 0.3) is 15.7 Å². The summed E-state index contributed by atoms with van der Waals surface area (Å²) >= 11 is 0. The average Bonchev–Trinajstić information content (AvgIpc) is 3.07. The van der Waals surface area contributed by atoms with E-state index in [9.17, 15) is 22.8 Å². The second-order valence-electron chi connectivity index (χ2n) is 12.5. The van der Waals surface area contributed by atoms with E-state index in [2.05, 4.69) is 12.2 Å². The van der Waals surface area contributed by atoms with E-state index in [0.29, 0.717) is 12.1 Å². The van der Waals surface area contributed by atoms with E-state index in [0.717, 1.165) is 23.8 Å². The van der Waals surface area contributed by atoms with Crippen LogP contribution in [0.5, 0.6) is 0 Å². The third kappa shape index (κ3) is 16.4. The number of nitrogens with one attached hydrogen (secondary N) is 1. The van der Waals surface area contributed by atoms with E-state index in [1.807, 2.05) is 0 Å². The fraction of sp³-hybridized carbons (Fsp3) is 0.694. The summed E-state index contributed by atoms with van der Waals surface area (Å²) in [4.78, 5) is 37.6. The lowest BCUT2D eigenvalue weighted by Crippen LogP contribution is -2.42. The van der Waals surface area contributed by atoms with E-state index >= 15 is 0 Å². The van der Waals surface area contributed by atoms with Crippen molar-refractivity contribution in [2.45, 2.75) is 141 Å². The van der Waals surface area contributed by atoms with Crippen molar-refractivity contribution in [2.24, 2.45) is 0 Å². The highest BCUT2D eigenvalue weighted by Crippen LogP contribution is 2.17. The number of hydrogen-bond acceptors (Lipinski definition) is 8. The Kier molecular flexibility index (Phi) is 20.8. The third-order valence-corrected chi connectivity index (χ3v) is 9.96. The summed E-state index contributed by atoms with van der Waals surface area (Å²) in [6.07, 6.45) is 20.8.